The SMILES string of the molecule is CC/C=C\C/C=C\C/C=C\C/C=C\CCCCC(=O)O[C@@H](COC(=O)CCCCCCCCCCC/C=C\C/C=C\CCCCC)COC(=O)CCCCCCCCCCCCCC. The first-order chi connectivity index (χ1) is 31.5. The average Bonchev–Trinajstić information content (AvgIpc) is 3.29. The topological polar surface area (TPSA) is 78.9 Å². The minimum absolute atomic E-state index is 0.0917. The van der Waals surface area contributed by atoms with Crippen molar-refractivity contribution in [1.29, 1.82) is 0 Å². The minimum atomic E-state index is -0.796. The summed E-state index contributed by atoms with van der Waals surface area (Å²) in [6, 6.07) is 0. The van der Waals surface area contributed by atoms with Crippen LogP contribution < -0.4 is 0 Å². The molecule has 0 fully saturated rings. The van der Waals surface area contributed by atoms with Crippen molar-refractivity contribution in [3.8, 4) is 0 Å². The largest absolute Gasteiger partial charge is 0.462 e. The van der Waals surface area contributed by atoms with Crippen molar-refractivity contribution in [3.63, 3.8) is 0 Å². The van der Waals surface area contributed by atoms with Gasteiger partial charge in [-0.2, -0.15) is 0 Å². The van der Waals surface area contributed by atoms with E-state index >= 15 is 0 Å². The number of hydrogen-bond donors (Lipinski definition) is 0. The second-order valence-corrected chi connectivity index (χ2v) is 17.8. The van der Waals surface area contributed by atoms with Gasteiger partial charge in [-0.1, -0.05) is 222 Å². The van der Waals surface area contributed by atoms with Gasteiger partial charge in [-0.15, -0.1) is 0 Å². The Bertz CT molecular complexity index is 1210. The number of carbonyl (C=O) groups excluding carboxylic acids is 3. The summed E-state index contributed by atoms with van der Waals surface area (Å²) in [5, 5.41) is 0. The number of unbranched alkanes of at least 4 members (excludes halogenated alkanes) is 25. The molecule has 64 heavy (non-hydrogen) atoms. The zero-order valence-corrected chi connectivity index (χ0v) is 42.0. The molecule has 368 valence electrons. The van der Waals surface area contributed by atoms with Gasteiger partial charge >= 0.3 is 17.9 Å². The zero-order valence-electron chi connectivity index (χ0n) is 42.0. The van der Waals surface area contributed by atoms with E-state index in [-0.39, 0.29) is 37.5 Å². The summed E-state index contributed by atoms with van der Waals surface area (Å²) in [6.45, 7) is 6.47. The van der Waals surface area contributed by atoms with Crippen LogP contribution in [-0.2, 0) is 28.6 Å². The van der Waals surface area contributed by atoms with Crippen LogP contribution in [0, 0.1) is 0 Å². The van der Waals surface area contributed by atoms with Crippen LogP contribution in [0.2, 0.25) is 0 Å². The first-order valence-corrected chi connectivity index (χ1v) is 26.9. The Morgan fingerprint density at radius 3 is 1.02 bits per heavy atom. The van der Waals surface area contributed by atoms with Crippen molar-refractivity contribution < 1.29 is 28.6 Å². The van der Waals surface area contributed by atoms with Gasteiger partial charge < -0.3 is 14.2 Å². The molecule has 0 rings (SSSR count). The third-order valence-corrected chi connectivity index (χ3v) is 11.4. The molecule has 0 aromatic rings. The summed E-state index contributed by atoms with van der Waals surface area (Å²) in [6.07, 6.45) is 66.0. The van der Waals surface area contributed by atoms with E-state index in [1.54, 1.807) is 0 Å². The predicted molar refractivity (Wildman–Crippen MR) is 274 cm³/mol. The monoisotopic (exact) mass is 893 g/mol. The fourth-order valence-corrected chi connectivity index (χ4v) is 7.40. The van der Waals surface area contributed by atoms with Crippen molar-refractivity contribution in [2.45, 2.75) is 264 Å². The molecule has 0 radical (unpaired) electrons. The molecule has 0 aliphatic heterocycles. The van der Waals surface area contributed by atoms with E-state index in [4.69, 9.17) is 14.2 Å². The summed E-state index contributed by atoms with van der Waals surface area (Å²) in [5.41, 5.74) is 0. The maximum Gasteiger partial charge on any atom is 0.306 e. The Hall–Kier alpha value is -3.15. The van der Waals surface area contributed by atoms with Crippen molar-refractivity contribution in [2.75, 3.05) is 13.2 Å². The molecular formula is C58H100O6. The molecule has 0 aliphatic carbocycles. The molecule has 0 aliphatic rings. The minimum Gasteiger partial charge on any atom is -0.462 e. The molecule has 0 aromatic heterocycles. The highest BCUT2D eigenvalue weighted by Gasteiger charge is 2.19. The maximum atomic E-state index is 12.8. The second-order valence-electron chi connectivity index (χ2n) is 17.8. The molecule has 0 N–H and O–H groups in total. The number of allylic oxidation sites excluding steroid dienone is 12. The van der Waals surface area contributed by atoms with Gasteiger partial charge in [0.25, 0.3) is 0 Å². The number of rotatable bonds is 48. The van der Waals surface area contributed by atoms with E-state index in [0.29, 0.717) is 19.3 Å². The molecule has 0 spiro atoms. The van der Waals surface area contributed by atoms with Gasteiger partial charge in [0.05, 0.1) is 0 Å². The molecule has 0 saturated heterocycles. The second kappa shape index (κ2) is 52.5. The van der Waals surface area contributed by atoms with Crippen LogP contribution in [-0.4, -0.2) is 37.2 Å². The van der Waals surface area contributed by atoms with Crippen LogP contribution in [0.15, 0.2) is 72.9 Å². The average molecular weight is 893 g/mol. The van der Waals surface area contributed by atoms with Gasteiger partial charge in [-0.3, -0.25) is 14.4 Å². The Morgan fingerprint density at radius 1 is 0.328 bits per heavy atom. The van der Waals surface area contributed by atoms with Crippen molar-refractivity contribution in [2.24, 2.45) is 0 Å². The smallest absolute Gasteiger partial charge is 0.306 e. The fourth-order valence-electron chi connectivity index (χ4n) is 7.40. The lowest BCUT2D eigenvalue weighted by Crippen LogP contribution is -2.30. The highest BCUT2D eigenvalue weighted by atomic mass is 16.6. The molecule has 0 amide bonds. The van der Waals surface area contributed by atoms with Gasteiger partial charge in [0.2, 0.25) is 0 Å². The molecule has 0 unspecified atom stereocenters. The van der Waals surface area contributed by atoms with Gasteiger partial charge in [0, 0.05) is 19.3 Å². The predicted octanol–water partition coefficient (Wildman–Crippen LogP) is 17.8. The third kappa shape index (κ3) is 49.9. The number of esters is 3. The molecule has 6 heteroatoms. The summed E-state index contributed by atoms with van der Waals surface area (Å²) in [7, 11) is 0. The van der Waals surface area contributed by atoms with Gasteiger partial charge in [-0.25, -0.2) is 0 Å². The Balaban J connectivity index is 4.40. The van der Waals surface area contributed by atoms with Crippen LogP contribution in [0.3, 0.4) is 0 Å². The van der Waals surface area contributed by atoms with E-state index in [9.17, 15) is 14.4 Å². The molecule has 0 bridgehead atoms. The molecular weight excluding hydrogens is 793 g/mol. The first kappa shape index (κ1) is 60.9. The van der Waals surface area contributed by atoms with Crippen molar-refractivity contribution in [3.05, 3.63) is 72.9 Å². The van der Waals surface area contributed by atoms with E-state index in [1.807, 2.05) is 0 Å². The van der Waals surface area contributed by atoms with E-state index in [0.717, 1.165) is 83.5 Å². The summed E-state index contributed by atoms with van der Waals surface area (Å²) < 4.78 is 16.8. The van der Waals surface area contributed by atoms with E-state index < -0.39 is 6.10 Å². The highest BCUT2D eigenvalue weighted by molar-refractivity contribution is 5.71. The molecule has 0 saturated carbocycles. The van der Waals surface area contributed by atoms with Crippen molar-refractivity contribution >= 4 is 17.9 Å². The van der Waals surface area contributed by atoms with Crippen LogP contribution in [0.4, 0.5) is 0 Å². The summed E-state index contributed by atoms with van der Waals surface area (Å²) in [5.74, 6) is -0.933. The zero-order chi connectivity index (χ0) is 46.5. The van der Waals surface area contributed by atoms with E-state index in [2.05, 4.69) is 93.7 Å². The van der Waals surface area contributed by atoms with Gasteiger partial charge in [0.1, 0.15) is 13.2 Å². The Labute approximate surface area is 395 Å². The summed E-state index contributed by atoms with van der Waals surface area (Å²) in [4.78, 5) is 38.0. The Morgan fingerprint density at radius 2 is 0.609 bits per heavy atom. The standard InChI is InChI=1S/C58H100O6/c1-4-7-10-13-16-19-22-25-27-28-29-30-32-33-36-39-42-45-48-51-57(60)63-54-55(53-62-56(59)50-47-44-41-38-35-24-21-18-15-12-9-6-3)64-58(61)52-49-46-43-40-37-34-31-26-23-20-17-14-11-8-5-2/h8,11,16-17,19-20,25-27,31,37,40,55H,4-7,9-10,12-15,18,21-24,28-30,32-36,38-39,41-54H2,1-3H3/b11-8-,19-16-,20-17-,27-25-,31-26-,40-37-/t55-/m1/s1. The summed E-state index contributed by atoms with van der Waals surface area (Å²) >= 11 is 0. The lowest BCUT2D eigenvalue weighted by molar-refractivity contribution is -0.167. The molecule has 0 aromatic carbocycles. The first-order valence-electron chi connectivity index (χ1n) is 26.9. The number of ether oxygens (including phenoxy) is 3. The Kier molecular flexibility index (Phi) is 49.9. The van der Waals surface area contributed by atoms with Crippen LogP contribution in [0.1, 0.15) is 258 Å². The third-order valence-electron chi connectivity index (χ3n) is 11.4. The van der Waals surface area contributed by atoms with Crippen LogP contribution in [0.25, 0.3) is 0 Å². The number of carbonyl (C=O) groups is 3. The molecule has 6 nitrogen and oxygen atoms in total. The van der Waals surface area contributed by atoms with E-state index in [1.165, 1.54) is 128 Å². The fraction of sp³-hybridized carbons (Fsp3) is 0.741. The normalized spacial score (nSPS) is 12.6. The quantitative estimate of drug-likeness (QED) is 0.0262. The van der Waals surface area contributed by atoms with Crippen molar-refractivity contribution in [1.82, 2.24) is 0 Å². The van der Waals surface area contributed by atoms with Crippen LogP contribution in [0.5, 0.6) is 0 Å². The highest BCUT2D eigenvalue weighted by Crippen LogP contribution is 2.15. The molecule has 1 atom stereocenters. The molecule has 0 heterocycles. The van der Waals surface area contributed by atoms with Gasteiger partial charge in [-0.05, 0) is 89.9 Å². The van der Waals surface area contributed by atoms with Gasteiger partial charge in [0.15, 0.2) is 6.10 Å². The lowest BCUT2D eigenvalue weighted by Gasteiger charge is -2.18. The van der Waals surface area contributed by atoms with Crippen LogP contribution >= 0.6 is 0 Å². The lowest BCUT2D eigenvalue weighted by atomic mass is 10.0. The number of hydrogen-bond acceptors (Lipinski definition) is 6. The maximum absolute atomic E-state index is 12.8.